The Labute approximate surface area is 134 Å². The molecule has 112 valence electrons. The van der Waals surface area contributed by atoms with Gasteiger partial charge in [0.1, 0.15) is 11.5 Å². The standard InChI is InChI=1S/C17H21BrN2O/c1-4-15(19-5-2)16-9-8-14(11-20-16)21-17-10-13(18)7-6-12(17)3/h6-11,15,19H,4-5H2,1-3H3. The highest BCUT2D eigenvalue weighted by Gasteiger charge is 2.09. The van der Waals surface area contributed by atoms with E-state index in [4.69, 9.17) is 4.74 Å². The summed E-state index contributed by atoms with van der Waals surface area (Å²) in [6.45, 7) is 7.23. The summed E-state index contributed by atoms with van der Waals surface area (Å²) in [5.41, 5.74) is 2.15. The van der Waals surface area contributed by atoms with Gasteiger partial charge >= 0.3 is 0 Å². The van der Waals surface area contributed by atoms with E-state index in [1.54, 1.807) is 6.20 Å². The number of nitrogens with one attached hydrogen (secondary N) is 1. The van der Waals surface area contributed by atoms with Crippen LogP contribution in [-0.4, -0.2) is 11.5 Å². The van der Waals surface area contributed by atoms with Gasteiger partial charge in [0, 0.05) is 10.5 Å². The zero-order valence-corrected chi connectivity index (χ0v) is 14.3. The molecule has 0 aliphatic carbocycles. The van der Waals surface area contributed by atoms with Gasteiger partial charge in [0.2, 0.25) is 0 Å². The SMILES string of the molecule is CCNC(CC)c1ccc(Oc2cc(Br)ccc2C)cn1. The first kappa shape index (κ1) is 16.0. The van der Waals surface area contributed by atoms with Crippen LogP contribution >= 0.6 is 15.9 Å². The third-order valence-corrected chi connectivity index (χ3v) is 3.85. The lowest BCUT2D eigenvalue weighted by Gasteiger charge is -2.15. The van der Waals surface area contributed by atoms with E-state index >= 15 is 0 Å². The molecule has 1 aromatic carbocycles. The highest BCUT2D eigenvalue weighted by molar-refractivity contribution is 9.10. The first-order valence-corrected chi connectivity index (χ1v) is 8.06. The lowest BCUT2D eigenvalue weighted by molar-refractivity contribution is 0.472. The van der Waals surface area contributed by atoms with Crippen molar-refractivity contribution in [1.29, 1.82) is 0 Å². The van der Waals surface area contributed by atoms with Crippen molar-refractivity contribution in [3.05, 3.63) is 52.3 Å². The number of halogens is 1. The van der Waals surface area contributed by atoms with Crippen molar-refractivity contribution in [1.82, 2.24) is 10.3 Å². The van der Waals surface area contributed by atoms with Crippen LogP contribution in [0.2, 0.25) is 0 Å². The molecule has 1 heterocycles. The van der Waals surface area contributed by atoms with Crippen LogP contribution in [-0.2, 0) is 0 Å². The monoisotopic (exact) mass is 348 g/mol. The van der Waals surface area contributed by atoms with Crippen LogP contribution in [0.15, 0.2) is 41.0 Å². The van der Waals surface area contributed by atoms with Gasteiger partial charge in [-0.1, -0.05) is 35.8 Å². The number of hydrogen-bond acceptors (Lipinski definition) is 3. The molecule has 21 heavy (non-hydrogen) atoms. The Kier molecular flexibility index (Phi) is 5.76. The molecule has 0 aliphatic rings. The number of nitrogens with zero attached hydrogens (tertiary/aromatic N) is 1. The van der Waals surface area contributed by atoms with E-state index in [-0.39, 0.29) is 0 Å². The molecule has 4 heteroatoms. The van der Waals surface area contributed by atoms with Crippen molar-refractivity contribution >= 4 is 15.9 Å². The van der Waals surface area contributed by atoms with E-state index in [2.05, 4.69) is 40.1 Å². The van der Waals surface area contributed by atoms with E-state index in [9.17, 15) is 0 Å². The zero-order chi connectivity index (χ0) is 15.2. The molecule has 0 aliphatic heterocycles. The van der Waals surface area contributed by atoms with Gasteiger partial charge in [-0.2, -0.15) is 0 Å². The summed E-state index contributed by atoms with van der Waals surface area (Å²) in [5, 5.41) is 3.42. The Morgan fingerprint density at radius 1 is 1.24 bits per heavy atom. The van der Waals surface area contributed by atoms with Gasteiger partial charge in [0.25, 0.3) is 0 Å². The minimum Gasteiger partial charge on any atom is -0.455 e. The van der Waals surface area contributed by atoms with E-state index in [0.717, 1.165) is 40.2 Å². The number of ether oxygens (including phenoxy) is 1. The third kappa shape index (κ3) is 4.29. The summed E-state index contributed by atoms with van der Waals surface area (Å²) in [6, 6.07) is 10.3. The summed E-state index contributed by atoms with van der Waals surface area (Å²) >= 11 is 3.46. The summed E-state index contributed by atoms with van der Waals surface area (Å²) in [4.78, 5) is 4.52. The van der Waals surface area contributed by atoms with E-state index in [1.165, 1.54) is 0 Å². The van der Waals surface area contributed by atoms with Crippen LogP contribution < -0.4 is 10.1 Å². The third-order valence-electron chi connectivity index (χ3n) is 3.35. The summed E-state index contributed by atoms with van der Waals surface area (Å²) in [6.07, 6.45) is 2.81. The second-order valence-electron chi connectivity index (χ2n) is 4.95. The Bertz CT molecular complexity index is 584. The fraction of sp³-hybridized carbons (Fsp3) is 0.353. The number of hydrogen-bond donors (Lipinski definition) is 1. The number of benzene rings is 1. The molecule has 1 unspecified atom stereocenters. The van der Waals surface area contributed by atoms with Gasteiger partial charge in [-0.05, 0) is 49.7 Å². The molecular weight excluding hydrogens is 328 g/mol. The second kappa shape index (κ2) is 7.57. The van der Waals surface area contributed by atoms with Crippen molar-refractivity contribution in [2.45, 2.75) is 33.2 Å². The second-order valence-corrected chi connectivity index (χ2v) is 5.86. The summed E-state index contributed by atoms with van der Waals surface area (Å²) < 4.78 is 6.91. The van der Waals surface area contributed by atoms with E-state index in [0.29, 0.717) is 6.04 Å². The van der Waals surface area contributed by atoms with Crippen molar-refractivity contribution in [2.75, 3.05) is 6.54 Å². The maximum atomic E-state index is 5.91. The number of aromatic nitrogens is 1. The number of pyridine rings is 1. The van der Waals surface area contributed by atoms with Gasteiger partial charge < -0.3 is 10.1 Å². The topological polar surface area (TPSA) is 34.1 Å². The van der Waals surface area contributed by atoms with Crippen molar-refractivity contribution in [3.8, 4) is 11.5 Å². The smallest absolute Gasteiger partial charge is 0.145 e. The zero-order valence-electron chi connectivity index (χ0n) is 12.7. The molecule has 0 saturated carbocycles. The molecule has 0 saturated heterocycles. The van der Waals surface area contributed by atoms with Gasteiger partial charge in [-0.3, -0.25) is 4.98 Å². The van der Waals surface area contributed by atoms with Crippen LogP contribution in [0.4, 0.5) is 0 Å². The Hall–Kier alpha value is -1.39. The van der Waals surface area contributed by atoms with Crippen LogP contribution in [0.1, 0.15) is 37.6 Å². The molecule has 0 spiro atoms. The molecule has 0 fully saturated rings. The lowest BCUT2D eigenvalue weighted by atomic mass is 10.1. The quantitative estimate of drug-likeness (QED) is 0.796. The Morgan fingerprint density at radius 3 is 2.67 bits per heavy atom. The molecule has 3 nitrogen and oxygen atoms in total. The normalized spacial score (nSPS) is 12.2. The van der Waals surface area contributed by atoms with Crippen molar-refractivity contribution in [3.63, 3.8) is 0 Å². The maximum Gasteiger partial charge on any atom is 0.145 e. The molecule has 0 radical (unpaired) electrons. The molecule has 1 N–H and O–H groups in total. The molecule has 0 bridgehead atoms. The van der Waals surface area contributed by atoms with Crippen LogP contribution in [0, 0.1) is 6.92 Å². The molecule has 1 aromatic heterocycles. The Morgan fingerprint density at radius 2 is 2.05 bits per heavy atom. The minimum atomic E-state index is 0.302. The van der Waals surface area contributed by atoms with Crippen LogP contribution in [0.25, 0.3) is 0 Å². The maximum absolute atomic E-state index is 5.91. The molecule has 2 rings (SSSR count). The predicted molar refractivity (Wildman–Crippen MR) is 89.9 cm³/mol. The molecule has 0 amide bonds. The molecule has 1 atom stereocenters. The highest BCUT2D eigenvalue weighted by Crippen LogP contribution is 2.28. The summed E-state index contributed by atoms with van der Waals surface area (Å²) in [5.74, 6) is 1.60. The first-order valence-electron chi connectivity index (χ1n) is 7.27. The predicted octanol–water partition coefficient (Wildman–Crippen LogP) is 5.01. The molecular formula is C17H21BrN2O. The minimum absolute atomic E-state index is 0.302. The lowest BCUT2D eigenvalue weighted by Crippen LogP contribution is -2.20. The largest absolute Gasteiger partial charge is 0.455 e. The van der Waals surface area contributed by atoms with Gasteiger partial charge in [-0.25, -0.2) is 0 Å². The van der Waals surface area contributed by atoms with Crippen LogP contribution in [0.5, 0.6) is 11.5 Å². The van der Waals surface area contributed by atoms with Gasteiger partial charge in [0.05, 0.1) is 11.9 Å². The number of aryl methyl sites for hydroxylation is 1. The fourth-order valence-electron chi connectivity index (χ4n) is 2.17. The summed E-state index contributed by atoms with van der Waals surface area (Å²) in [7, 11) is 0. The Balaban J connectivity index is 2.13. The average Bonchev–Trinajstić information content (AvgIpc) is 2.49. The highest BCUT2D eigenvalue weighted by atomic mass is 79.9. The van der Waals surface area contributed by atoms with E-state index < -0.39 is 0 Å². The first-order chi connectivity index (χ1) is 10.1. The van der Waals surface area contributed by atoms with Gasteiger partial charge in [0.15, 0.2) is 0 Å². The van der Waals surface area contributed by atoms with Crippen molar-refractivity contribution in [2.24, 2.45) is 0 Å². The average molecular weight is 349 g/mol. The van der Waals surface area contributed by atoms with Crippen LogP contribution in [0.3, 0.4) is 0 Å². The van der Waals surface area contributed by atoms with Gasteiger partial charge in [-0.15, -0.1) is 0 Å². The molecule has 2 aromatic rings. The fourth-order valence-corrected chi connectivity index (χ4v) is 2.51. The van der Waals surface area contributed by atoms with E-state index in [1.807, 2.05) is 37.3 Å². The number of rotatable bonds is 6. The van der Waals surface area contributed by atoms with Crippen molar-refractivity contribution < 1.29 is 4.74 Å².